The summed E-state index contributed by atoms with van der Waals surface area (Å²) in [6.45, 7) is 5.56. The Hall–Kier alpha value is -1.92. The van der Waals surface area contributed by atoms with Crippen molar-refractivity contribution in [1.29, 1.82) is 0 Å². The predicted molar refractivity (Wildman–Crippen MR) is 65.9 cm³/mol. The number of rotatable bonds is 4. The van der Waals surface area contributed by atoms with Gasteiger partial charge in [-0.2, -0.15) is 4.98 Å². The molecular weight excluding hydrogens is 248 g/mol. The molecule has 1 fully saturated rings. The van der Waals surface area contributed by atoms with E-state index >= 15 is 0 Å². The van der Waals surface area contributed by atoms with E-state index in [1.54, 1.807) is 13.8 Å². The number of nitrogens with zero attached hydrogens (tertiary/aromatic N) is 3. The molecule has 1 aliphatic rings. The Morgan fingerprint density at radius 1 is 1.42 bits per heavy atom. The van der Waals surface area contributed by atoms with Gasteiger partial charge < -0.3 is 14.7 Å². The highest BCUT2D eigenvalue weighted by Gasteiger charge is 2.38. The van der Waals surface area contributed by atoms with E-state index in [9.17, 15) is 9.59 Å². The molecule has 0 bridgehead atoms. The van der Waals surface area contributed by atoms with Crippen LogP contribution in [-0.2, 0) is 16.1 Å². The number of hydrogen-bond acceptors (Lipinski definition) is 5. The molecule has 7 nitrogen and oxygen atoms in total. The standard InChI is InChI=1S/C12H18N4O3/c1-4-5-9-12(18)16(7(2)11(17)14-9)6-10-13-8(3)19-15-10/h7,9H,4-6H2,1-3H3,(H,14,17). The van der Waals surface area contributed by atoms with Crippen molar-refractivity contribution in [3.63, 3.8) is 0 Å². The number of aromatic nitrogens is 2. The number of hydrogen-bond donors (Lipinski definition) is 1. The Balaban J connectivity index is 2.15. The molecule has 2 amide bonds. The summed E-state index contributed by atoms with van der Waals surface area (Å²) < 4.78 is 4.88. The summed E-state index contributed by atoms with van der Waals surface area (Å²) in [4.78, 5) is 29.7. The average Bonchev–Trinajstić information content (AvgIpc) is 2.77. The molecule has 0 aliphatic carbocycles. The second kappa shape index (κ2) is 5.38. The zero-order valence-electron chi connectivity index (χ0n) is 11.3. The lowest BCUT2D eigenvalue weighted by molar-refractivity contribution is -0.149. The Kier molecular flexibility index (Phi) is 3.82. The SMILES string of the molecule is CCCC1NC(=O)C(C)N(Cc2noc(C)n2)C1=O. The molecule has 19 heavy (non-hydrogen) atoms. The minimum atomic E-state index is -0.514. The van der Waals surface area contributed by atoms with Gasteiger partial charge in [-0.1, -0.05) is 18.5 Å². The van der Waals surface area contributed by atoms with Crippen LogP contribution in [0, 0.1) is 6.92 Å². The third-order valence-corrected chi connectivity index (χ3v) is 3.20. The first-order valence-electron chi connectivity index (χ1n) is 6.43. The van der Waals surface area contributed by atoms with Crippen LogP contribution >= 0.6 is 0 Å². The highest BCUT2D eigenvalue weighted by molar-refractivity contribution is 5.96. The number of amides is 2. The summed E-state index contributed by atoms with van der Waals surface area (Å²) in [6.07, 6.45) is 1.47. The molecule has 0 radical (unpaired) electrons. The third-order valence-electron chi connectivity index (χ3n) is 3.20. The zero-order valence-corrected chi connectivity index (χ0v) is 11.3. The fraction of sp³-hybridized carbons (Fsp3) is 0.667. The van der Waals surface area contributed by atoms with Gasteiger partial charge in [0.05, 0.1) is 6.54 Å². The van der Waals surface area contributed by atoms with Gasteiger partial charge in [0.15, 0.2) is 5.82 Å². The van der Waals surface area contributed by atoms with E-state index in [0.29, 0.717) is 18.1 Å². The maximum atomic E-state index is 12.3. The van der Waals surface area contributed by atoms with Crippen molar-refractivity contribution in [3.05, 3.63) is 11.7 Å². The van der Waals surface area contributed by atoms with Crippen LogP contribution in [0.25, 0.3) is 0 Å². The van der Waals surface area contributed by atoms with Crippen LogP contribution in [0.3, 0.4) is 0 Å². The minimum absolute atomic E-state index is 0.0867. The molecule has 2 atom stereocenters. The average molecular weight is 266 g/mol. The van der Waals surface area contributed by atoms with Crippen LogP contribution in [0.15, 0.2) is 4.52 Å². The van der Waals surface area contributed by atoms with Gasteiger partial charge in [0.25, 0.3) is 0 Å². The molecule has 2 heterocycles. The Bertz CT molecular complexity index is 485. The van der Waals surface area contributed by atoms with Crippen LogP contribution in [0.2, 0.25) is 0 Å². The van der Waals surface area contributed by atoms with Crippen molar-refractivity contribution in [2.45, 2.75) is 52.2 Å². The van der Waals surface area contributed by atoms with Crippen LogP contribution in [0.4, 0.5) is 0 Å². The van der Waals surface area contributed by atoms with Gasteiger partial charge in [0.1, 0.15) is 12.1 Å². The lowest BCUT2D eigenvalue weighted by atomic mass is 10.0. The fourth-order valence-electron chi connectivity index (χ4n) is 2.14. The molecule has 2 unspecified atom stereocenters. The first-order chi connectivity index (χ1) is 9.02. The number of nitrogens with one attached hydrogen (secondary N) is 1. The Morgan fingerprint density at radius 2 is 2.16 bits per heavy atom. The van der Waals surface area contributed by atoms with Crippen LogP contribution in [-0.4, -0.2) is 38.9 Å². The maximum absolute atomic E-state index is 12.3. The molecule has 0 spiro atoms. The third kappa shape index (κ3) is 2.74. The van der Waals surface area contributed by atoms with E-state index in [0.717, 1.165) is 6.42 Å². The van der Waals surface area contributed by atoms with Gasteiger partial charge in [0, 0.05) is 6.92 Å². The predicted octanol–water partition coefficient (Wildman–Crippen LogP) is 0.394. The second-order valence-corrected chi connectivity index (χ2v) is 4.72. The van der Waals surface area contributed by atoms with E-state index in [2.05, 4.69) is 15.5 Å². The fourth-order valence-corrected chi connectivity index (χ4v) is 2.14. The highest BCUT2D eigenvalue weighted by atomic mass is 16.5. The summed E-state index contributed by atoms with van der Waals surface area (Å²) in [5, 5.41) is 6.51. The number of carbonyl (C=O) groups excluding carboxylic acids is 2. The smallest absolute Gasteiger partial charge is 0.246 e. The first-order valence-corrected chi connectivity index (χ1v) is 6.43. The van der Waals surface area contributed by atoms with Gasteiger partial charge in [-0.3, -0.25) is 9.59 Å². The van der Waals surface area contributed by atoms with E-state index in [1.165, 1.54) is 4.90 Å². The van der Waals surface area contributed by atoms with Crippen molar-refractivity contribution in [2.75, 3.05) is 0 Å². The van der Waals surface area contributed by atoms with Crippen LogP contribution < -0.4 is 5.32 Å². The first kappa shape index (κ1) is 13.5. The molecule has 0 saturated carbocycles. The Labute approximate surface area is 111 Å². The van der Waals surface area contributed by atoms with Crippen molar-refractivity contribution in [3.8, 4) is 0 Å². The highest BCUT2D eigenvalue weighted by Crippen LogP contribution is 2.15. The molecule has 1 aromatic heterocycles. The summed E-state index contributed by atoms with van der Waals surface area (Å²) >= 11 is 0. The quantitative estimate of drug-likeness (QED) is 0.851. The molecule has 1 saturated heterocycles. The molecule has 2 rings (SSSR count). The van der Waals surface area contributed by atoms with E-state index in [-0.39, 0.29) is 18.4 Å². The zero-order chi connectivity index (χ0) is 14.0. The summed E-state index contributed by atoms with van der Waals surface area (Å²) in [6, 6.07) is -0.957. The van der Waals surface area contributed by atoms with Crippen molar-refractivity contribution >= 4 is 11.8 Å². The number of carbonyl (C=O) groups is 2. The monoisotopic (exact) mass is 266 g/mol. The lowest BCUT2D eigenvalue weighted by Crippen LogP contribution is -2.61. The molecular formula is C12H18N4O3. The number of piperazine rings is 1. The topological polar surface area (TPSA) is 88.3 Å². The van der Waals surface area contributed by atoms with Crippen LogP contribution in [0.5, 0.6) is 0 Å². The summed E-state index contributed by atoms with van der Waals surface area (Å²) in [5.74, 6) is 0.638. The van der Waals surface area contributed by atoms with E-state index < -0.39 is 12.1 Å². The van der Waals surface area contributed by atoms with Gasteiger partial charge in [-0.15, -0.1) is 0 Å². The molecule has 1 aromatic rings. The summed E-state index contributed by atoms with van der Waals surface area (Å²) in [5.41, 5.74) is 0. The van der Waals surface area contributed by atoms with Gasteiger partial charge >= 0.3 is 0 Å². The Morgan fingerprint density at radius 3 is 2.74 bits per heavy atom. The molecule has 7 heteroatoms. The van der Waals surface area contributed by atoms with Gasteiger partial charge in [0.2, 0.25) is 17.7 Å². The van der Waals surface area contributed by atoms with Gasteiger partial charge in [-0.25, -0.2) is 0 Å². The minimum Gasteiger partial charge on any atom is -0.343 e. The van der Waals surface area contributed by atoms with Crippen molar-refractivity contribution in [1.82, 2.24) is 20.4 Å². The maximum Gasteiger partial charge on any atom is 0.246 e. The lowest BCUT2D eigenvalue weighted by Gasteiger charge is -2.36. The van der Waals surface area contributed by atoms with E-state index in [1.807, 2.05) is 6.92 Å². The van der Waals surface area contributed by atoms with Gasteiger partial charge in [-0.05, 0) is 13.3 Å². The second-order valence-electron chi connectivity index (χ2n) is 4.72. The van der Waals surface area contributed by atoms with Crippen molar-refractivity contribution in [2.24, 2.45) is 0 Å². The molecule has 104 valence electrons. The summed E-state index contributed by atoms with van der Waals surface area (Å²) in [7, 11) is 0. The largest absolute Gasteiger partial charge is 0.343 e. The molecule has 0 aromatic carbocycles. The van der Waals surface area contributed by atoms with E-state index in [4.69, 9.17) is 4.52 Å². The molecule has 1 aliphatic heterocycles. The normalized spacial score (nSPS) is 23.6. The molecule has 1 N–H and O–H groups in total. The number of aryl methyl sites for hydroxylation is 1. The van der Waals surface area contributed by atoms with Crippen LogP contribution in [0.1, 0.15) is 38.4 Å². The van der Waals surface area contributed by atoms with Crippen molar-refractivity contribution < 1.29 is 14.1 Å².